The van der Waals surface area contributed by atoms with Crippen molar-refractivity contribution in [3.05, 3.63) is 64.9 Å². The molecule has 0 aliphatic carbocycles. The Morgan fingerprint density at radius 3 is 2.92 bits per heavy atom. The summed E-state index contributed by atoms with van der Waals surface area (Å²) in [7, 11) is 0. The second-order valence-electron chi connectivity index (χ2n) is 5.89. The lowest BCUT2D eigenvalue weighted by atomic mass is 10.0. The Bertz CT molecular complexity index is 741. The van der Waals surface area contributed by atoms with E-state index in [0.29, 0.717) is 23.9 Å². The van der Waals surface area contributed by atoms with Crippen LogP contribution in [0.15, 0.2) is 48.5 Å². The van der Waals surface area contributed by atoms with Crippen LogP contribution in [0.4, 0.5) is 4.39 Å². The van der Waals surface area contributed by atoms with Crippen LogP contribution in [0.2, 0.25) is 5.02 Å². The average Bonchev–Trinajstić information content (AvgIpc) is 2.63. The number of para-hydroxylation sites is 1. The van der Waals surface area contributed by atoms with E-state index in [1.165, 1.54) is 12.1 Å². The van der Waals surface area contributed by atoms with Crippen LogP contribution in [0.3, 0.4) is 0 Å². The van der Waals surface area contributed by atoms with E-state index >= 15 is 0 Å². The minimum Gasteiger partial charge on any atom is -0.491 e. The van der Waals surface area contributed by atoms with Crippen molar-refractivity contribution in [2.75, 3.05) is 26.2 Å². The van der Waals surface area contributed by atoms with Gasteiger partial charge in [0.25, 0.3) is 0 Å². The number of hydrogen-bond acceptors (Lipinski definition) is 3. The number of nitrogens with zero attached hydrogens (tertiary/aromatic N) is 1. The molecule has 1 N–H and O–H groups in total. The van der Waals surface area contributed by atoms with E-state index in [2.05, 4.69) is 5.32 Å². The largest absolute Gasteiger partial charge is 0.491 e. The van der Waals surface area contributed by atoms with Crippen LogP contribution in [-0.2, 0) is 4.79 Å². The lowest BCUT2D eigenvalue weighted by Gasteiger charge is -2.36. The molecule has 25 heavy (non-hydrogen) atoms. The topological polar surface area (TPSA) is 41.6 Å². The number of benzene rings is 2. The number of carbonyl (C=O) groups excluding carboxylic acids is 1. The highest BCUT2D eigenvalue weighted by Crippen LogP contribution is 2.25. The van der Waals surface area contributed by atoms with Crippen LogP contribution < -0.4 is 10.1 Å². The first-order valence-electron chi connectivity index (χ1n) is 8.28. The van der Waals surface area contributed by atoms with Crippen molar-refractivity contribution in [2.45, 2.75) is 12.5 Å². The molecule has 2 aromatic carbocycles. The van der Waals surface area contributed by atoms with Crippen molar-refractivity contribution in [2.24, 2.45) is 0 Å². The Morgan fingerprint density at radius 1 is 1.28 bits per heavy atom. The molecular formula is C19H20ClFN2O2. The maximum Gasteiger partial charge on any atom is 0.226 e. The summed E-state index contributed by atoms with van der Waals surface area (Å²) in [6.07, 6.45) is 0.247. The first-order valence-corrected chi connectivity index (χ1v) is 8.66. The standard InChI is InChI=1S/C19H20ClFN2O2/c20-16-6-1-2-7-18(16)25-11-8-19(24)23-10-9-22-13-17(23)14-4-3-5-15(21)12-14/h1-7,12,17,22H,8-11,13H2. The minimum absolute atomic E-state index is 0.0113. The third-order valence-corrected chi connectivity index (χ3v) is 4.52. The smallest absolute Gasteiger partial charge is 0.226 e. The summed E-state index contributed by atoms with van der Waals surface area (Å²) in [5, 5.41) is 3.78. The van der Waals surface area contributed by atoms with Crippen LogP contribution in [0.1, 0.15) is 18.0 Å². The SMILES string of the molecule is O=C(CCOc1ccccc1Cl)N1CCNCC1c1cccc(F)c1. The van der Waals surface area contributed by atoms with Gasteiger partial charge in [-0.05, 0) is 29.8 Å². The summed E-state index contributed by atoms with van der Waals surface area (Å²) < 4.78 is 19.1. The lowest BCUT2D eigenvalue weighted by molar-refractivity contribution is -0.135. The second-order valence-corrected chi connectivity index (χ2v) is 6.30. The molecule has 0 bridgehead atoms. The highest BCUT2D eigenvalue weighted by atomic mass is 35.5. The molecule has 0 radical (unpaired) electrons. The van der Waals surface area contributed by atoms with Crippen LogP contribution in [0, 0.1) is 5.82 Å². The van der Waals surface area contributed by atoms with Gasteiger partial charge in [-0.15, -0.1) is 0 Å². The van der Waals surface area contributed by atoms with Crippen LogP contribution >= 0.6 is 11.6 Å². The van der Waals surface area contributed by atoms with E-state index in [0.717, 1.165) is 12.1 Å². The summed E-state index contributed by atoms with van der Waals surface area (Å²) in [4.78, 5) is 14.4. The van der Waals surface area contributed by atoms with E-state index < -0.39 is 0 Å². The van der Waals surface area contributed by atoms with Gasteiger partial charge in [0, 0.05) is 19.6 Å². The summed E-state index contributed by atoms with van der Waals surface area (Å²) >= 11 is 6.04. The van der Waals surface area contributed by atoms with Gasteiger partial charge in [-0.2, -0.15) is 0 Å². The molecule has 132 valence electrons. The summed E-state index contributed by atoms with van der Waals surface area (Å²) in [6.45, 7) is 2.18. The van der Waals surface area contributed by atoms with Crippen molar-refractivity contribution in [3.8, 4) is 5.75 Å². The quantitative estimate of drug-likeness (QED) is 0.886. The van der Waals surface area contributed by atoms with Gasteiger partial charge in [0.15, 0.2) is 0 Å². The Morgan fingerprint density at radius 2 is 2.12 bits per heavy atom. The fourth-order valence-corrected chi connectivity index (χ4v) is 3.16. The molecule has 1 aliphatic rings. The number of hydrogen-bond donors (Lipinski definition) is 1. The third kappa shape index (κ3) is 4.50. The van der Waals surface area contributed by atoms with Crippen LogP contribution in [0.5, 0.6) is 5.75 Å². The molecule has 6 heteroatoms. The molecule has 2 aromatic rings. The first-order chi connectivity index (χ1) is 12.1. The van der Waals surface area contributed by atoms with Crippen molar-refractivity contribution < 1.29 is 13.9 Å². The molecule has 1 fully saturated rings. The van der Waals surface area contributed by atoms with Crippen molar-refractivity contribution in [1.82, 2.24) is 10.2 Å². The fraction of sp³-hybridized carbons (Fsp3) is 0.316. The van der Waals surface area contributed by atoms with E-state index in [1.807, 2.05) is 18.2 Å². The molecule has 1 saturated heterocycles. The van der Waals surface area contributed by atoms with Crippen LogP contribution in [0.25, 0.3) is 0 Å². The molecule has 3 rings (SSSR count). The Kier molecular flexibility index (Phi) is 5.89. The molecule has 0 spiro atoms. The number of ether oxygens (including phenoxy) is 1. The zero-order valence-corrected chi connectivity index (χ0v) is 14.5. The maximum absolute atomic E-state index is 13.5. The van der Waals surface area contributed by atoms with E-state index in [4.69, 9.17) is 16.3 Å². The normalized spacial score (nSPS) is 17.4. The molecule has 1 atom stereocenters. The average molecular weight is 363 g/mol. The number of rotatable bonds is 5. The Hall–Kier alpha value is -2.11. The van der Waals surface area contributed by atoms with Crippen LogP contribution in [-0.4, -0.2) is 37.0 Å². The highest BCUT2D eigenvalue weighted by Gasteiger charge is 2.27. The van der Waals surface area contributed by atoms with Gasteiger partial charge >= 0.3 is 0 Å². The predicted octanol–water partition coefficient (Wildman–Crippen LogP) is 3.42. The van der Waals surface area contributed by atoms with Crippen molar-refractivity contribution in [1.29, 1.82) is 0 Å². The minimum atomic E-state index is -0.294. The third-order valence-electron chi connectivity index (χ3n) is 4.21. The Labute approximate surface area is 151 Å². The van der Waals surface area contributed by atoms with Gasteiger partial charge in [-0.3, -0.25) is 4.79 Å². The molecule has 4 nitrogen and oxygen atoms in total. The fourth-order valence-electron chi connectivity index (χ4n) is 2.97. The maximum atomic E-state index is 13.5. The van der Waals surface area contributed by atoms with Crippen molar-refractivity contribution >= 4 is 17.5 Å². The van der Waals surface area contributed by atoms with Gasteiger partial charge in [0.05, 0.1) is 24.1 Å². The highest BCUT2D eigenvalue weighted by molar-refractivity contribution is 6.32. The van der Waals surface area contributed by atoms with E-state index in [9.17, 15) is 9.18 Å². The molecular weight excluding hydrogens is 343 g/mol. The summed E-state index contributed by atoms with van der Waals surface area (Å²) in [5.74, 6) is 0.263. The predicted molar refractivity (Wildman–Crippen MR) is 95.3 cm³/mol. The first kappa shape index (κ1) is 17.7. The zero-order chi connectivity index (χ0) is 17.6. The van der Waals surface area contributed by atoms with Gasteiger partial charge < -0.3 is 15.0 Å². The monoisotopic (exact) mass is 362 g/mol. The summed E-state index contributed by atoms with van der Waals surface area (Å²) in [6, 6.07) is 13.4. The van der Waals surface area contributed by atoms with Crippen molar-refractivity contribution in [3.63, 3.8) is 0 Å². The van der Waals surface area contributed by atoms with Gasteiger partial charge in [0.2, 0.25) is 5.91 Å². The number of amides is 1. The molecule has 0 aromatic heterocycles. The lowest BCUT2D eigenvalue weighted by Crippen LogP contribution is -2.49. The number of nitrogens with one attached hydrogen (secondary N) is 1. The molecule has 1 amide bonds. The molecule has 1 aliphatic heterocycles. The summed E-state index contributed by atoms with van der Waals surface area (Å²) in [5.41, 5.74) is 0.799. The Balaban J connectivity index is 1.62. The zero-order valence-electron chi connectivity index (χ0n) is 13.8. The van der Waals surface area contributed by atoms with E-state index in [1.54, 1.807) is 23.1 Å². The molecule has 0 saturated carbocycles. The van der Waals surface area contributed by atoms with E-state index in [-0.39, 0.29) is 30.8 Å². The number of carbonyl (C=O) groups is 1. The molecule has 1 heterocycles. The number of halogens is 2. The van der Waals surface area contributed by atoms with Gasteiger partial charge in [-0.25, -0.2) is 4.39 Å². The van der Waals surface area contributed by atoms with Gasteiger partial charge in [0.1, 0.15) is 11.6 Å². The number of piperazine rings is 1. The molecule has 1 unspecified atom stereocenters. The second kappa shape index (κ2) is 8.32. The van der Waals surface area contributed by atoms with Gasteiger partial charge in [-0.1, -0.05) is 35.9 Å².